The quantitative estimate of drug-likeness (QED) is 0.175. The van der Waals surface area contributed by atoms with Gasteiger partial charge in [0.15, 0.2) is 23.1 Å². The molecular weight excluding hydrogens is 747 g/mol. The normalized spacial score (nSPS) is 11.3. The van der Waals surface area contributed by atoms with Gasteiger partial charge in [-0.2, -0.15) is 0 Å². The predicted molar refractivity (Wildman–Crippen MR) is 248 cm³/mol. The minimum Gasteiger partial charge on any atom is -0.345 e. The molecule has 61 heavy (non-hydrogen) atoms. The smallest absolute Gasteiger partial charge is 0.164 e. The van der Waals surface area contributed by atoms with Gasteiger partial charge in [0, 0.05) is 33.5 Å². The molecule has 0 amide bonds. The number of rotatable bonds is 7. The first kappa shape index (κ1) is 35.7. The van der Waals surface area contributed by atoms with Gasteiger partial charge >= 0.3 is 0 Å². The zero-order chi connectivity index (χ0) is 40.5. The first-order valence-electron chi connectivity index (χ1n) is 20.3. The van der Waals surface area contributed by atoms with Crippen LogP contribution >= 0.6 is 0 Å². The fraction of sp³-hybridized carbons (Fsp3) is 0. The van der Waals surface area contributed by atoms with Crippen molar-refractivity contribution in [3.8, 4) is 67.8 Å². The second-order valence-corrected chi connectivity index (χ2v) is 14.9. The van der Waals surface area contributed by atoms with E-state index in [2.05, 4.69) is 160 Å². The van der Waals surface area contributed by atoms with Gasteiger partial charge in [-0.3, -0.25) is 4.57 Å². The lowest BCUT2D eigenvalue weighted by Gasteiger charge is -2.14. The van der Waals surface area contributed by atoms with E-state index in [-0.39, 0.29) is 0 Å². The number of hydrogen-bond acceptors (Lipinski definition) is 4. The zero-order valence-electron chi connectivity index (χ0n) is 33.0. The summed E-state index contributed by atoms with van der Waals surface area (Å²) in [4.78, 5) is 23.5. The Hall–Kier alpha value is -8.42. The topological polar surface area (TPSA) is 77.2 Å². The van der Waals surface area contributed by atoms with Gasteiger partial charge in [-0.1, -0.05) is 158 Å². The fourth-order valence-corrected chi connectivity index (χ4v) is 8.19. The molecular formula is C54H37N7. The summed E-state index contributed by atoms with van der Waals surface area (Å²) in [7, 11) is 0. The maximum Gasteiger partial charge on any atom is 0.164 e. The van der Waals surface area contributed by atoms with Crippen LogP contribution in [0.5, 0.6) is 0 Å². The lowest BCUT2D eigenvalue weighted by atomic mass is 9.97. The molecule has 0 saturated heterocycles. The van der Waals surface area contributed by atoms with Gasteiger partial charge in [0.2, 0.25) is 0 Å². The minimum absolute atomic E-state index is 0.623. The Morgan fingerprint density at radius 2 is 0.803 bits per heavy atom. The van der Waals surface area contributed by atoms with Gasteiger partial charge in [0.25, 0.3) is 0 Å². The number of aromatic amines is 1. The van der Waals surface area contributed by atoms with Crippen molar-refractivity contribution in [1.29, 1.82) is 0 Å². The van der Waals surface area contributed by atoms with Gasteiger partial charge in [0.05, 0.1) is 28.4 Å². The van der Waals surface area contributed by atoms with Gasteiger partial charge < -0.3 is 9.55 Å². The molecule has 288 valence electrons. The average molecular weight is 784 g/mol. The van der Waals surface area contributed by atoms with Crippen LogP contribution < -0.4 is 0 Å². The average Bonchev–Trinajstić information content (AvgIpc) is 3.65. The molecule has 0 bridgehead atoms. The van der Waals surface area contributed by atoms with E-state index in [9.17, 15) is 0 Å². The minimum atomic E-state index is 0.623. The van der Waals surface area contributed by atoms with Crippen LogP contribution in [0.25, 0.3) is 101 Å². The molecule has 3 heterocycles. The molecule has 0 aliphatic carbocycles. The second-order valence-electron chi connectivity index (χ2n) is 14.9. The molecule has 7 nitrogen and oxygen atoms in total. The lowest BCUT2D eigenvalue weighted by Crippen LogP contribution is -2.01. The van der Waals surface area contributed by atoms with Crippen molar-refractivity contribution in [2.75, 3.05) is 0 Å². The Morgan fingerprint density at radius 3 is 1.41 bits per heavy atom. The van der Waals surface area contributed by atoms with Gasteiger partial charge in [0.1, 0.15) is 0 Å². The summed E-state index contributed by atoms with van der Waals surface area (Å²) in [6, 6.07) is 73.5. The first-order valence-corrected chi connectivity index (χ1v) is 20.3. The van der Waals surface area contributed by atoms with Crippen LogP contribution in [0.1, 0.15) is 0 Å². The third-order valence-electron chi connectivity index (χ3n) is 11.1. The van der Waals surface area contributed by atoms with Crippen molar-refractivity contribution in [2.45, 2.75) is 0 Å². The van der Waals surface area contributed by atoms with Crippen LogP contribution in [0, 0.1) is 0 Å². The summed E-state index contributed by atoms with van der Waals surface area (Å²) in [5.41, 5.74) is 14.1. The Bertz CT molecular complexity index is 3350. The number of fused-ring (bicyclic) bond motifs is 4. The van der Waals surface area contributed by atoms with Crippen molar-refractivity contribution in [3.05, 3.63) is 219 Å². The van der Waals surface area contributed by atoms with Crippen molar-refractivity contribution in [2.24, 2.45) is 0 Å². The molecule has 0 atom stereocenters. The summed E-state index contributed by atoms with van der Waals surface area (Å²) < 4.78 is 4.59. The molecule has 3 aromatic heterocycles. The Morgan fingerprint density at radius 1 is 0.344 bits per heavy atom. The fourth-order valence-electron chi connectivity index (χ4n) is 8.19. The molecule has 7 heteroatoms. The van der Waals surface area contributed by atoms with Crippen LogP contribution in [0.3, 0.4) is 0 Å². The highest BCUT2D eigenvalue weighted by atomic mass is 15.1. The maximum absolute atomic E-state index is 5.10. The van der Waals surface area contributed by atoms with E-state index >= 15 is 0 Å². The second kappa shape index (κ2) is 15.4. The molecule has 0 saturated carbocycles. The van der Waals surface area contributed by atoms with Gasteiger partial charge in [-0.25, -0.2) is 19.9 Å². The van der Waals surface area contributed by atoms with E-state index in [4.69, 9.17) is 19.9 Å². The lowest BCUT2D eigenvalue weighted by molar-refractivity contribution is 1.07. The zero-order valence-corrected chi connectivity index (χ0v) is 33.0. The van der Waals surface area contributed by atoms with Crippen LogP contribution in [-0.2, 0) is 0 Å². The Kier molecular flexibility index (Phi) is 9.02. The number of para-hydroxylation sites is 3. The molecule has 0 spiro atoms. The molecule has 0 aliphatic heterocycles. The predicted octanol–water partition coefficient (Wildman–Crippen LogP) is 13.1. The number of H-pyrrole nitrogens is 1. The summed E-state index contributed by atoms with van der Waals surface area (Å²) in [6.07, 6.45) is 1.81. The third-order valence-corrected chi connectivity index (χ3v) is 11.1. The Balaban J connectivity index is 1.07. The highest BCUT2D eigenvalue weighted by Gasteiger charge is 2.18. The monoisotopic (exact) mass is 783 g/mol. The Labute approximate surface area is 352 Å². The van der Waals surface area contributed by atoms with E-state index in [0.29, 0.717) is 17.5 Å². The van der Waals surface area contributed by atoms with Crippen LogP contribution in [0.4, 0.5) is 0 Å². The van der Waals surface area contributed by atoms with E-state index in [0.717, 1.165) is 83.4 Å². The van der Waals surface area contributed by atoms with Crippen LogP contribution in [0.15, 0.2) is 219 Å². The highest BCUT2D eigenvalue weighted by molar-refractivity contribution is 6.08. The van der Waals surface area contributed by atoms with Crippen molar-refractivity contribution < 1.29 is 0 Å². The summed E-state index contributed by atoms with van der Waals surface area (Å²) >= 11 is 0. The molecule has 0 unspecified atom stereocenters. The van der Waals surface area contributed by atoms with Crippen LogP contribution in [0.2, 0.25) is 0 Å². The van der Waals surface area contributed by atoms with Crippen molar-refractivity contribution in [3.63, 3.8) is 0 Å². The SMILES string of the molecule is c1ccc(-c2nc(-c3ccccc3)nc(-c3cccc(-c4cccc(-c5ccc6[nH]cnc7c(c8ccccc8n7-c7ccccc7)n(-c7ccccc7)c6c5)c4)c3)n2)cc1. The molecule has 0 fully saturated rings. The summed E-state index contributed by atoms with van der Waals surface area (Å²) in [6.45, 7) is 0. The molecule has 0 aliphatic rings. The molecule has 11 rings (SSSR count). The van der Waals surface area contributed by atoms with Crippen molar-refractivity contribution in [1.82, 2.24) is 34.1 Å². The van der Waals surface area contributed by atoms with Gasteiger partial charge in [-0.15, -0.1) is 0 Å². The van der Waals surface area contributed by atoms with E-state index < -0.39 is 0 Å². The molecule has 1 N–H and O–H groups in total. The van der Waals surface area contributed by atoms with E-state index in [1.807, 2.05) is 73.1 Å². The largest absolute Gasteiger partial charge is 0.345 e. The van der Waals surface area contributed by atoms with E-state index in [1.165, 1.54) is 0 Å². The molecule has 0 radical (unpaired) electrons. The van der Waals surface area contributed by atoms with Crippen LogP contribution in [-0.4, -0.2) is 34.1 Å². The number of aromatic nitrogens is 7. The van der Waals surface area contributed by atoms with E-state index in [1.54, 1.807) is 0 Å². The van der Waals surface area contributed by atoms with Gasteiger partial charge in [-0.05, 0) is 76.9 Å². The summed E-state index contributed by atoms with van der Waals surface area (Å²) in [5.74, 6) is 1.90. The molecule has 11 aromatic rings. The van der Waals surface area contributed by atoms with Crippen molar-refractivity contribution >= 4 is 33.1 Å². The number of hydrogen-bond donors (Lipinski definition) is 1. The number of benzene rings is 8. The first-order chi connectivity index (χ1) is 30.2. The standard InChI is InChI=1S/C54H37N7/c1-5-17-37(18-6-1)51-57-52(38-19-7-2-8-20-38)59-53(58-51)43-24-16-23-41(34-43)39-21-15-22-40(33-39)42-31-32-47-49(35-42)60(44-25-9-3-10-26-44)50-46-29-13-14-30-48(46)61(54(50)56-36-55-47)45-27-11-4-12-28-45/h1-36H,(H,55,56). The number of nitrogens with one attached hydrogen (secondary N) is 1. The maximum atomic E-state index is 5.10. The summed E-state index contributed by atoms with van der Waals surface area (Å²) in [5, 5.41) is 1.10. The third kappa shape index (κ3) is 6.70. The number of nitrogens with zero attached hydrogens (tertiary/aromatic N) is 6. The highest BCUT2D eigenvalue weighted by Crippen LogP contribution is 2.36. The molecule has 8 aromatic carbocycles.